The summed E-state index contributed by atoms with van der Waals surface area (Å²) in [7, 11) is 0. The third-order valence-corrected chi connectivity index (χ3v) is 2.63. The van der Waals surface area contributed by atoms with Gasteiger partial charge in [0.2, 0.25) is 5.91 Å². The summed E-state index contributed by atoms with van der Waals surface area (Å²) in [4.78, 5) is 11.6. The summed E-state index contributed by atoms with van der Waals surface area (Å²) in [5.74, 6) is 0.765. The first-order valence-corrected chi connectivity index (χ1v) is 5.87. The molecule has 0 aliphatic heterocycles. The lowest BCUT2D eigenvalue weighted by Gasteiger charge is -2.04. The van der Waals surface area contributed by atoms with E-state index in [-0.39, 0.29) is 5.91 Å². The molecular formula is C14H16N2O2. The number of amides is 1. The minimum atomic E-state index is 0.00817. The fourth-order valence-corrected chi connectivity index (χ4v) is 1.69. The summed E-state index contributed by atoms with van der Waals surface area (Å²) in [5.41, 5.74) is 7.47. The molecule has 0 saturated heterocycles. The Bertz CT molecular complexity index is 506. The summed E-state index contributed by atoms with van der Waals surface area (Å²) in [6.45, 7) is 0.433. The fourth-order valence-electron chi connectivity index (χ4n) is 1.69. The Balaban J connectivity index is 1.75. The van der Waals surface area contributed by atoms with Gasteiger partial charge in [-0.2, -0.15) is 0 Å². The Hall–Kier alpha value is -2.23. The molecule has 0 aliphatic carbocycles. The molecule has 4 heteroatoms. The normalized spacial score (nSPS) is 10.2. The van der Waals surface area contributed by atoms with Crippen LogP contribution in [0.25, 0.3) is 0 Å². The predicted octanol–water partition coefficient (Wildman–Crippen LogP) is 2.11. The van der Waals surface area contributed by atoms with E-state index in [1.54, 1.807) is 12.3 Å². The number of anilines is 1. The van der Waals surface area contributed by atoms with Crippen molar-refractivity contribution in [2.75, 3.05) is 5.73 Å². The van der Waals surface area contributed by atoms with Crippen molar-refractivity contribution in [3.05, 3.63) is 54.0 Å². The van der Waals surface area contributed by atoms with Gasteiger partial charge in [-0.15, -0.1) is 0 Å². The first kappa shape index (κ1) is 12.2. The van der Waals surface area contributed by atoms with Crippen LogP contribution in [-0.2, 0) is 17.8 Å². The van der Waals surface area contributed by atoms with Gasteiger partial charge in [0.05, 0.1) is 12.8 Å². The topological polar surface area (TPSA) is 68.3 Å². The molecule has 0 fully saturated rings. The van der Waals surface area contributed by atoms with Gasteiger partial charge in [-0.3, -0.25) is 4.79 Å². The van der Waals surface area contributed by atoms with Crippen LogP contribution in [0.2, 0.25) is 0 Å². The van der Waals surface area contributed by atoms with E-state index < -0.39 is 0 Å². The standard InChI is InChI=1S/C14H16N2O2/c15-12-4-1-3-11(9-12)6-7-14(17)16-10-13-5-2-8-18-13/h1-5,8-9H,6-7,10,15H2,(H,16,17). The van der Waals surface area contributed by atoms with E-state index in [4.69, 9.17) is 10.2 Å². The van der Waals surface area contributed by atoms with Crippen LogP contribution < -0.4 is 11.1 Å². The lowest BCUT2D eigenvalue weighted by molar-refractivity contribution is -0.121. The van der Waals surface area contributed by atoms with Crippen molar-refractivity contribution >= 4 is 11.6 Å². The van der Waals surface area contributed by atoms with E-state index >= 15 is 0 Å². The third-order valence-electron chi connectivity index (χ3n) is 2.63. The Morgan fingerprint density at radius 2 is 2.17 bits per heavy atom. The molecule has 0 unspecified atom stereocenters. The van der Waals surface area contributed by atoms with E-state index in [0.717, 1.165) is 17.0 Å². The number of nitrogen functional groups attached to an aromatic ring is 1. The number of benzene rings is 1. The minimum absolute atomic E-state index is 0.00817. The number of carbonyl (C=O) groups is 1. The molecule has 1 aromatic heterocycles. The van der Waals surface area contributed by atoms with E-state index in [1.807, 2.05) is 30.3 Å². The highest BCUT2D eigenvalue weighted by Gasteiger charge is 2.03. The number of nitrogens with one attached hydrogen (secondary N) is 1. The maximum atomic E-state index is 11.6. The molecule has 0 radical (unpaired) electrons. The molecule has 0 saturated carbocycles. The molecule has 2 aromatic rings. The molecule has 94 valence electrons. The highest BCUT2D eigenvalue weighted by atomic mass is 16.3. The molecule has 1 heterocycles. The van der Waals surface area contributed by atoms with Gasteiger partial charge in [-0.1, -0.05) is 12.1 Å². The maximum Gasteiger partial charge on any atom is 0.220 e. The van der Waals surface area contributed by atoms with Crippen molar-refractivity contribution < 1.29 is 9.21 Å². The second-order valence-corrected chi connectivity index (χ2v) is 4.10. The molecule has 18 heavy (non-hydrogen) atoms. The Morgan fingerprint density at radius 1 is 1.28 bits per heavy atom. The first-order valence-electron chi connectivity index (χ1n) is 5.87. The smallest absolute Gasteiger partial charge is 0.220 e. The molecule has 0 bridgehead atoms. The average Bonchev–Trinajstić information content (AvgIpc) is 2.87. The number of rotatable bonds is 5. The summed E-state index contributed by atoms with van der Waals surface area (Å²) < 4.78 is 5.13. The van der Waals surface area contributed by atoms with Crippen LogP contribution in [-0.4, -0.2) is 5.91 Å². The van der Waals surface area contributed by atoms with Gasteiger partial charge in [0.25, 0.3) is 0 Å². The van der Waals surface area contributed by atoms with Gasteiger partial charge < -0.3 is 15.5 Å². The van der Waals surface area contributed by atoms with Crippen molar-refractivity contribution in [1.82, 2.24) is 5.32 Å². The summed E-state index contributed by atoms with van der Waals surface area (Å²) in [6, 6.07) is 11.2. The zero-order valence-corrected chi connectivity index (χ0v) is 10.1. The lowest BCUT2D eigenvalue weighted by atomic mass is 10.1. The van der Waals surface area contributed by atoms with Gasteiger partial charge in [-0.25, -0.2) is 0 Å². The number of aryl methyl sites for hydroxylation is 1. The molecule has 0 atom stereocenters. The molecule has 0 spiro atoms. The van der Waals surface area contributed by atoms with E-state index in [2.05, 4.69) is 5.32 Å². The zero-order valence-electron chi connectivity index (χ0n) is 10.1. The largest absolute Gasteiger partial charge is 0.467 e. The summed E-state index contributed by atoms with van der Waals surface area (Å²) in [6.07, 6.45) is 2.73. The summed E-state index contributed by atoms with van der Waals surface area (Å²) >= 11 is 0. The van der Waals surface area contributed by atoms with Crippen LogP contribution in [0.5, 0.6) is 0 Å². The number of furan rings is 1. The second kappa shape index (κ2) is 5.91. The van der Waals surface area contributed by atoms with Crippen LogP contribution in [0.15, 0.2) is 47.1 Å². The minimum Gasteiger partial charge on any atom is -0.467 e. The van der Waals surface area contributed by atoms with Crippen LogP contribution in [0.4, 0.5) is 5.69 Å². The fraction of sp³-hybridized carbons (Fsp3) is 0.214. The van der Waals surface area contributed by atoms with Crippen LogP contribution in [0.3, 0.4) is 0 Å². The van der Waals surface area contributed by atoms with Crippen LogP contribution in [0.1, 0.15) is 17.7 Å². The third kappa shape index (κ3) is 3.66. The monoisotopic (exact) mass is 244 g/mol. The van der Waals surface area contributed by atoms with Crippen molar-refractivity contribution in [3.8, 4) is 0 Å². The molecule has 0 aliphatic rings. The van der Waals surface area contributed by atoms with Gasteiger partial charge in [0, 0.05) is 12.1 Å². The van der Waals surface area contributed by atoms with E-state index in [1.165, 1.54) is 0 Å². The number of carbonyl (C=O) groups excluding carboxylic acids is 1. The molecule has 2 rings (SSSR count). The molecule has 4 nitrogen and oxygen atoms in total. The SMILES string of the molecule is Nc1cccc(CCC(=O)NCc2ccco2)c1. The Morgan fingerprint density at radius 3 is 2.89 bits per heavy atom. The van der Waals surface area contributed by atoms with Gasteiger partial charge in [0.1, 0.15) is 5.76 Å². The highest BCUT2D eigenvalue weighted by molar-refractivity contribution is 5.76. The van der Waals surface area contributed by atoms with Crippen LogP contribution in [0, 0.1) is 0 Å². The highest BCUT2D eigenvalue weighted by Crippen LogP contribution is 2.08. The maximum absolute atomic E-state index is 11.6. The number of hydrogen-bond donors (Lipinski definition) is 2. The van der Waals surface area contributed by atoms with Crippen molar-refractivity contribution in [2.24, 2.45) is 0 Å². The van der Waals surface area contributed by atoms with Crippen molar-refractivity contribution in [1.29, 1.82) is 0 Å². The lowest BCUT2D eigenvalue weighted by Crippen LogP contribution is -2.22. The Labute approximate surface area is 106 Å². The van der Waals surface area contributed by atoms with Crippen LogP contribution >= 0.6 is 0 Å². The van der Waals surface area contributed by atoms with E-state index in [9.17, 15) is 4.79 Å². The van der Waals surface area contributed by atoms with Gasteiger partial charge in [-0.05, 0) is 36.2 Å². The number of nitrogens with two attached hydrogens (primary N) is 1. The average molecular weight is 244 g/mol. The summed E-state index contributed by atoms with van der Waals surface area (Å²) in [5, 5.41) is 2.81. The second-order valence-electron chi connectivity index (χ2n) is 4.10. The molecule has 1 amide bonds. The zero-order chi connectivity index (χ0) is 12.8. The van der Waals surface area contributed by atoms with Gasteiger partial charge in [0.15, 0.2) is 0 Å². The predicted molar refractivity (Wildman–Crippen MR) is 69.7 cm³/mol. The van der Waals surface area contributed by atoms with Crippen molar-refractivity contribution in [3.63, 3.8) is 0 Å². The molecule has 1 aromatic carbocycles. The number of hydrogen-bond acceptors (Lipinski definition) is 3. The first-order chi connectivity index (χ1) is 8.74. The van der Waals surface area contributed by atoms with Gasteiger partial charge >= 0.3 is 0 Å². The molecule has 3 N–H and O–H groups in total. The Kier molecular flexibility index (Phi) is 4.02. The van der Waals surface area contributed by atoms with Crippen molar-refractivity contribution in [2.45, 2.75) is 19.4 Å². The quantitative estimate of drug-likeness (QED) is 0.791. The molecular weight excluding hydrogens is 228 g/mol. The van der Waals surface area contributed by atoms with E-state index in [0.29, 0.717) is 19.4 Å².